The van der Waals surface area contributed by atoms with Crippen LogP contribution in [0.5, 0.6) is 0 Å². The van der Waals surface area contributed by atoms with Crippen LogP contribution < -0.4 is 10.6 Å². The highest BCUT2D eigenvalue weighted by Crippen LogP contribution is 2.17. The van der Waals surface area contributed by atoms with E-state index in [-0.39, 0.29) is 0 Å². The van der Waals surface area contributed by atoms with E-state index in [2.05, 4.69) is 46.5 Å². The topological polar surface area (TPSA) is 39.7 Å². The predicted molar refractivity (Wildman–Crippen MR) is 101 cm³/mol. The Hall–Kier alpha value is -1.07. The van der Waals surface area contributed by atoms with Crippen molar-refractivity contribution in [2.24, 2.45) is 10.9 Å². The van der Waals surface area contributed by atoms with E-state index in [0.717, 1.165) is 31.4 Å². The second kappa shape index (κ2) is 9.93. The van der Waals surface area contributed by atoms with Crippen LogP contribution in [0, 0.1) is 5.92 Å². The van der Waals surface area contributed by atoms with Crippen molar-refractivity contribution in [3.8, 4) is 0 Å². The number of hydrogen-bond acceptors (Lipinski definition) is 3. The van der Waals surface area contributed by atoms with E-state index in [9.17, 15) is 0 Å². The van der Waals surface area contributed by atoms with Gasteiger partial charge in [-0.15, -0.1) is 11.3 Å². The normalized spacial score (nSPS) is 17.4. The first-order valence-corrected chi connectivity index (χ1v) is 9.81. The smallest absolute Gasteiger partial charge is 0.191 e. The molecule has 1 aromatic heterocycles. The molecule has 1 aromatic rings. The number of hydrogen-bond donors (Lipinski definition) is 2. The minimum absolute atomic E-state index is 0.773. The average Bonchev–Trinajstić information content (AvgIpc) is 3.05. The molecule has 0 aliphatic carbocycles. The Morgan fingerprint density at radius 2 is 1.96 bits per heavy atom. The zero-order valence-electron chi connectivity index (χ0n) is 14.9. The maximum Gasteiger partial charge on any atom is 0.191 e. The summed E-state index contributed by atoms with van der Waals surface area (Å²) < 4.78 is 0. The number of nitrogens with zero attached hydrogens (tertiary/aromatic N) is 2. The van der Waals surface area contributed by atoms with Crippen LogP contribution in [0.3, 0.4) is 0 Å². The van der Waals surface area contributed by atoms with Gasteiger partial charge in [-0.25, -0.2) is 0 Å². The summed E-state index contributed by atoms with van der Waals surface area (Å²) in [5.41, 5.74) is 0. The lowest BCUT2D eigenvalue weighted by Crippen LogP contribution is -2.42. The largest absolute Gasteiger partial charge is 0.356 e. The van der Waals surface area contributed by atoms with Crippen LogP contribution in [0.1, 0.15) is 42.9 Å². The van der Waals surface area contributed by atoms with Crippen LogP contribution >= 0.6 is 11.3 Å². The molecule has 0 amide bonds. The summed E-state index contributed by atoms with van der Waals surface area (Å²) in [6, 6.07) is 4.44. The van der Waals surface area contributed by atoms with Gasteiger partial charge >= 0.3 is 0 Å². The average molecular weight is 337 g/mol. The number of aliphatic imine (C=N–C) groups is 1. The summed E-state index contributed by atoms with van der Waals surface area (Å²) in [7, 11) is 1.85. The summed E-state index contributed by atoms with van der Waals surface area (Å²) in [6.45, 7) is 10.1. The zero-order valence-corrected chi connectivity index (χ0v) is 15.7. The highest BCUT2D eigenvalue weighted by Gasteiger charge is 2.18. The fourth-order valence-electron chi connectivity index (χ4n) is 3.07. The second-order valence-corrected chi connectivity index (χ2v) is 7.57. The molecule has 4 nitrogen and oxygen atoms in total. The molecule has 1 saturated heterocycles. The van der Waals surface area contributed by atoms with Crippen molar-refractivity contribution in [3.05, 3.63) is 21.9 Å². The van der Waals surface area contributed by atoms with Crippen molar-refractivity contribution < 1.29 is 0 Å². The fraction of sp³-hybridized carbons (Fsp3) is 0.722. The third-order valence-corrected chi connectivity index (χ3v) is 5.75. The van der Waals surface area contributed by atoms with Gasteiger partial charge in [0.2, 0.25) is 0 Å². The number of nitrogens with one attached hydrogen (secondary N) is 2. The molecule has 1 aliphatic rings. The van der Waals surface area contributed by atoms with Gasteiger partial charge in [-0.2, -0.15) is 0 Å². The molecule has 0 atom stereocenters. The van der Waals surface area contributed by atoms with E-state index >= 15 is 0 Å². The number of rotatable bonds is 7. The lowest BCUT2D eigenvalue weighted by molar-refractivity contribution is 0.185. The van der Waals surface area contributed by atoms with Crippen molar-refractivity contribution in [2.75, 3.05) is 33.2 Å². The Kier molecular flexibility index (Phi) is 7.89. The van der Waals surface area contributed by atoms with Gasteiger partial charge in [0.05, 0.1) is 6.54 Å². The number of guanidine groups is 1. The maximum absolute atomic E-state index is 4.35. The van der Waals surface area contributed by atoms with Gasteiger partial charge in [-0.05, 0) is 63.4 Å². The lowest BCUT2D eigenvalue weighted by atomic mass is 9.97. The van der Waals surface area contributed by atoms with Gasteiger partial charge in [0, 0.05) is 23.3 Å². The van der Waals surface area contributed by atoms with E-state index in [1.165, 1.54) is 48.7 Å². The zero-order chi connectivity index (χ0) is 16.5. The summed E-state index contributed by atoms with van der Waals surface area (Å²) in [4.78, 5) is 9.76. The van der Waals surface area contributed by atoms with Crippen LogP contribution in [0.15, 0.2) is 17.1 Å². The van der Waals surface area contributed by atoms with Gasteiger partial charge in [-0.1, -0.05) is 13.8 Å². The van der Waals surface area contributed by atoms with Gasteiger partial charge in [0.25, 0.3) is 0 Å². The Morgan fingerprint density at radius 1 is 1.22 bits per heavy atom. The van der Waals surface area contributed by atoms with Crippen molar-refractivity contribution in [1.29, 1.82) is 0 Å². The highest BCUT2D eigenvalue weighted by atomic mass is 32.1. The Bertz CT molecular complexity index is 475. The van der Waals surface area contributed by atoms with Crippen molar-refractivity contribution in [1.82, 2.24) is 15.5 Å². The first-order chi connectivity index (χ1) is 11.2. The molecular formula is C18H32N4S. The molecule has 0 aromatic carbocycles. The van der Waals surface area contributed by atoms with Crippen molar-refractivity contribution >= 4 is 17.3 Å². The van der Waals surface area contributed by atoms with Crippen LogP contribution in [-0.2, 0) is 13.0 Å². The van der Waals surface area contributed by atoms with Crippen molar-refractivity contribution in [3.63, 3.8) is 0 Å². The molecule has 0 saturated carbocycles. The fourth-order valence-corrected chi connectivity index (χ4v) is 3.97. The molecule has 5 heteroatoms. The second-order valence-electron chi connectivity index (χ2n) is 6.31. The number of thiophene rings is 1. The Labute approximate surface area is 145 Å². The van der Waals surface area contributed by atoms with Crippen LogP contribution in [0.2, 0.25) is 0 Å². The van der Waals surface area contributed by atoms with E-state index in [4.69, 9.17) is 0 Å². The van der Waals surface area contributed by atoms with Crippen LogP contribution in [0.25, 0.3) is 0 Å². The molecule has 0 bridgehead atoms. The van der Waals surface area contributed by atoms with Gasteiger partial charge in [-0.3, -0.25) is 4.99 Å². The molecule has 0 unspecified atom stereocenters. The summed E-state index contributed by atoms with van der Waals surface area (Å²) in [6.07, 6.45) is 4.99. The van der Waals surface area contributed by atoms with Crippen molar-refractivity contribution in [2.45, 2.75) is 46.1 Å². The molecule has 1 aliphatic heterocycles. The van der Waals surface area contributed by atoms with Gasteiger partial charge in [0.1, 0.15) is 0 Å². The summed E-state index contributed by atoms with van der Waals surface area (Å²) in [5.74, 6) is 1.70. The molecule has 1 fully saturated rings. The lowest BCUT2D eigenvalue weighted by Gasteiger charge is -2.32. The minimum Gasteiger partial charge on any atom is -0.356 e. The number of aryl methyl sites for hydroxylation is 1. The SMILES string of the molecule is CCCN1CCC(CNC(=NC)NCc2ccc(CC)s2)CC1. The standard InChI is InChI=1S/C18H32N4S/c1-4-10-22-11-8-15(9-12-22)13-20-18(19-3)21-14-17-7-6-16(5-2)23-17/h6-7,15H,4-5,8-14H2,1-3H3,(H2,19,20,21). The molecule has 130 valence electrons. The molecule has 0 spiro atoms. The first kappa shape index (κ1) is 18.3. The Balaban J connectivity index is 1.67. The van der Waals surface area contributed by atoms with E-state index in [1.54, 1.807) is 0 Å². The van der Waals surface area contributed by atoms with Crippen LogP contribution in [-0.4, -0.2) is 44.1 Å². The van der Waals surface area contributed by atoms with Gasteiger partial charge in [0.15, 0.2) is 5.96 Å². The molecule has 2 N–H and O–H groups in total. The van der Waals surface area contributed by atoms with Gasteiger partial charge < -0.3 is 15.5 Å². The quantitative estimate of drug-likeness (QED) is 0.594. The van der Waals surface area contributed by atoms with E-state index in [1.807, 2.05) is 18.4 Å². The molecule has 0 radical (unpaired) electrons. The third kappa shape index (κ3) is 6.15. The number of likely N-dealkylation sites (tertiary alicyclic amines) is 1. The highest BCUT2D eigenvalue weighted by molar-refractivity contribution is 7.11. The first-order valence-electron chi connectivity index (χ1n) is 8.99. The Morgan fingerprint density at radius 3 is 2.57 bits per heavy atom. The molecule has 23 heavy (non-hydrogen) atoms. The third-order valence-electron chi connectivity index (χ3n) is 4.52. The maximum atomic E-state index is 4.35. The minimum atomic E-state index is 0.773. The number of piperidine rings is 1. The summed E-state index contributed by atoms with van der Waals surface area (Å²) >= 11 is 1.89. The molecule has 2 rings (SSSR count). The van der Waals surface area contributed by atoms with E-state index in [0.29, 0.717) is 0 Å². The predicted octanol–water partition coefficient (Wildman–Crippen LogP) is 3.10. The monoisotopic (exact) mass is 336 g/mol. The molecule has 2 heterocycles. The molecular weight excluding hydrogens is 304 g/mol. The summed E-state index contributed by atoms with van der Waals surface area (Å²) in [5, 5.41) is 6.93. The van der Waals surface area contributed by atoms with E-state index < -0.39 is 0 Å². The van der Waals surface area contributed by atoms with Crippen LogP contribution in [0.4, 0.5) is 0 Å².